The Hall–Kier alpha value is -1.22. The first-order valence-electron chi connectivity index (χ1n) is 5.43. The molecule has 0 aromatic heterocycles. The van der Waals surface area contributed by atoms with Crippen LogP contribution in [0.2, 0.25) is 0 Å². The van der Waals surface area contributed by atoms with Crippen LogP contribution in [0.25, 0.3) is 0 Å². The van der Waals surface area contributed by atoms with Crippen LogP contribution in [0, 0.1) is 0 Å². The molecule has 3 heteroatoms. The molecule has 0 spiro atoms. The van der Waals surface area contributed by atoms with Crippen molar-refractivity contribution in [2.75, 3.05) is 19.8 Å². The van der Waals surface area contributed by atoms with Gasteiger partial charge in [-0.1, -0.05) is 25.5 Å². The highest BCUT2D eigenvalue weighted by molar-refractivity contribution is 5.39. The summed E-state index contributed by atoms with van der Waals surface area (Å²) in [5, 5.41) is 0. The topological polar surface area (TPSA) is 44.5 Å². The van der Waals surface area contributed by atoms with Crippen LogP contribution in [-0.2, 0) is 0 Å². The Bertz CT molecular complexity index is 276. The molecule has 0 saturated heterocycles. The maximum atomic E-state index is 5.61. The fourth-order valence-electron chi connectivity index (χ4n) is 1.18. The third-order valence-electron chi connectivity index (χ3n) is 1.98. The van der Waals surface area contributed by atoms with E-state index in [1.807, 2.05) is 24.3 Å². The molecular weight excluding hydrogens is 190 g/mol. The van der Waals surface area contributed by atoms with Crippen LogP contribution < -0.4 is 15.2 Å². The highest BCUT2D eigenvalue weighted by Gasteiger charge is 2.02. The second-order valence-corrected chi connectivity index (χ2v) is 3.29. The van der Waals surface area contributed by atoms with E-state index in [1.54, 1.807) is 0 Å². The second-order valence-electron chi connectivity index (χ2n) is 3.29. The fourth-order valence-corrected chi connectivity index (χ4v) is 1.18. The lowest BCUT2D eigenvalue weighted by atomic mass is 10.3. The van der Waals surface area contributed by atoms with Gasteiger partial charge in [0, 0.05) is 6.54 Å². The minimum absolute atomic E-state index is 0.517. The number of para-hydroxylation sites is 2. The molecule has 3 nitrogen and oxygen atoms in total. The second kappa shape index (κ2) is 7.12. The summed E-state index contributed by atoms with van der Waals surface area (Å²) >= 11 is 0. The Labute approximate surface area is 91.2 Å². The van der Waals surface area contributed by atoms with Gasteiger partial charge in [0.1, 0.15) is 6.61 Å². The molecule has 0 heterocycles. The van der Waals surface area contributed by atoms with Crippen molar-refractivity contribution in [1.29, 1.82) is 0 Å². The zero-order valence-electron chi connectivity index (χ0n) is 9.24. The van der Waals surface area contributed by atoms with E-state index in [9.17, 15) is 0 Å². The van der Waals surface area contributed by atoms with Crippen LogP contribution in [0.1, 0.15) is 19.8 Å². The van der Waals surface area contributed by atoms with Crippen molar-refractivity contribution in [3.8, 4) is 11.5 Å². The minimum Gasteiger partial charge on any atom is -0.490 e. The highest BCUT2D eigenvalue weighted by atomic mass is 16.5. The van der Waals surface area contributed by atoms with E-state index in [0.29, 0.717) is 13.2 Å². The van der Waals surface area contributed by atoms with E-state index < -0.39 is 0 Å². The Morgan fingerprint density at radius 3 is 2.20 bits per heavy atom. The average molecular weight is 209 g/mol. The molecular formula is C12H19NO2. The molecule has 0 aliphatic rings. The van der Waals surface area contributed by atoms with Gasteiger partial charge in [-0.2, -0.15) is 0 Å². The van der Waals surface area contributed by atoms with Crippen LogP contribution in [0.4, 0.5) is 0 Å². The highest BCUT2D eigenvalue weighted by Crippen LogP contribution is 2.26. The van der Waals surface area contributed by atoms with Crippen LogP contribution >= 0.6 is 0 Å². The lowest BCUT2D eigenvalue weighted by Crippen LogP contribution is -2.11. The quantitative estimate of drug-likeness (QED) is 0.700. The molecule has 0 radical (unpaired) electrons. The number of hydrogen-bond acceptors (Lipinski definition) is 3. The summed E-state index contributed by atoms with van der Waals surface area (Å²) in [5.41, 5.74) is 5.38. The van der Waals surface area contributed by atoms with Crippen molar-refractivity contribution in [3.05, 3.63) is 24.3 Å². The predicted octanol–water partition coefficient (Wildman–Crippen LogP) is 2.20. The summed E-state index contributed by atoms with van der Waals surface area (Å²) in [6.07, 6.45) is 2.19. The molecule has 0 bridgehead atoms. The molecule has 0 atom stereocenters. The normalized spacial score (nSPS) is 10.0. The third-order valence-corrected chi connectivity index (χ3v) is 1.98. The molecule has 0 saturated carbocycles. The predicted molar refractivity (Wildman–Crippen MR) is 61.4 cm³/mol. The van der Waals surface area contributed by atoms with Crippen molar-refractivity contribution in [1.82, 2.24) is 0 Å². The minimum atomic E-state index is 0.517. The first-order valence-corrected chi connectivity index (χ1v) is 5.43. The molecule has 0 aliphatic heterocycles. The Morgan fingerprint density at radius 2 is 1.67 bits per heavy atom. The summed E-state index contributed by atoms with van der Waals surface area (Å²) in [7, 11) is 0. The van der Waals surface area contributed by atoms with E-state index in [-0.39, 0.29) is 0 Å². The number of rotatable bonds is 7. The molecule has 1 rings (SSSR count). The van der Waals surface area contributed by atoms with Crippen LogP contribution in [-0.4, -0.2) is 19.8 Å². The van der Waals surface area contributed by atoms with Crippen LogP contribution in [0.3, 0.4) is 0 Å². The molecule has 84 valence electrons. The van der Waals surface area contributed by atoms with E-state index >= 15 is 0 Å². The van der Waals surface area contributed by atoms with Crippen molar-refractivity contribution in [2.24, 2.45) is 5.73 Å². The van der Waals surface area contributed by atoms with E-state index in [1.165, 1.54) is 0 Å². The monoisotopic (exact) mass is 209 g/mol. The zero-order chi connectivity index (χ0) is 10.9. The Balaban J connectivity index is 2.52. The maximum absolute atomic E-state index is 5.61. The zero-order valence-corrected chi connectivity index (χ0v) is 9.24. The van der Waals surface area contributed by atoms with Gasteiger partial charge in [-0.15, -0.1) is 0 Å². The molecule has 0 aliphatic carbocycles. The maximum Gasteiger partial charge on any atom is 0.161 e. The molecule has 0 fully saturated rings. The summed E-state index contributed by atoms with van der Waals surface area (Å²) < 4.78 is 11.1. The van der Waals surface area contributed by atoms with E-state index in [4.69, 9.17) is 15.2 Å². The number of hydrogen-bond donors (Lipinski definition) is 1. The number of ether oxygens (including phenoxy) is 2. The van der Waals surface area contributed by atoms with Gasteiger partial charge in [0.2, 0.25) is 0 Å². The van der Waals surface area contributed by atoms with Gasteiger partial charge in [-0.05, 0) is 18.6 Å². The van der Waals surface area contributed by atoms with Gasteiger partial charge in [0.15, 0.2) is 11.5 Å². The summed E-state index contributed by atoms with van der Waals surface area (Å²) in [6.45, 7) is 3.91. The standard InChI is InChI=1S/C12H19NO2/c1-2-3-9-14-11-6-4-5-7-12(11)15-10-8-13/h4-7H,2-3,8-10,13H2,1H3. The van der Waals surface area contributed by atoms with Gasteiger partial charge >= 0.3 is 0 Å². The van der Waals surface area contributed by atoms with Gasteiger partial charge in [0.05, 0.1) is 6.61 Å². The Morgan fingerprint density at radius 1 is 1.07 bits per heavy atom. The van der Waals surface area contributed by atoms with Crippen molar-refractivity contribution in [3.63, 3.8) is 0 Å². The van der Waals surface area contributed by atoms with Crippen LogP contribution in [0.15, 0.2) is 24.3 Å². The van der Waals surface area contributed by atoms with Crippen molar-refractivity contribution < 1.29 is 9.47 Å². The van der Waals surface area contributed by atoms with E-state index in [0.717, 1.165) is 30.9 Å². The molecule has 2 N–H and O–H groups in total. The average Bonchev–Trinajstić information content (AvgIpc) is 2.28. The molecule has 1 aromatic rings. The Kier molecular flexibility index (Phi) is 5.63. The van der Waals surface area contributed by atoms with Crippen molar-refractivity contribution >= 4 is 0 Å². The van der Waals surface area contributed by atoms with Crippen molar-refractivity contribution in [2.45, 2.75) is 19.8 Å². The number of unbranched alkanes of at least 4 members (excludes halogenated alkanes) is 1. The smallest absolute Gasteiger partial charge is 0.161 e. The molecule has 15 heavy (non-hydrogen) atoms. The summed E-state index contributed by atoms with van der Waals surface area (Å²) in [4.78, 5) is 0. The van der Waals surface area contributed by atoms with Crippen LogP contribution in [0.5, 0.6) is 11.5 Å². The molecule has 0 amide bonds. The molecule has 1 aromatic carbocycles. The first kappa shape index (κ1) is 11.9. The largest absolute Gasteiger partial charge is 0.490 e. The van der Waals surface area contributed by atoms with Gasteiger partial charge in [0.25, 0.3) is 0 Å². The molecule has 0 unspecified atom stereocenters. The lowest BCUT2D eigenvalue weighted by molar-refractivity contribution is 0.269. The van der Waals surface area contributed by atoms with Gasteiger partial charge < -0.3 is 15.2 Å². The van der Waals surface area contributed by atoms with Gasteiger partial charge in [-0.3, -0.25) is 0 Å². The SMILES string of the molecule is CCCCOc1ccccc1OCCN. The van der Waals surface area contributed by atoms with E-state index in [2.05, 4.69) is 6.92 Å². The third kappa shape index (κ3) is 4.21. The number of benzene rings is 1. The lowest BCUT2D eigenvalue weighted by Gasteiger charge is -2.11. The fraction of sp³-hybridized carbons (Fsp3) is 0.500. The van der Waals surface area contributed by atoms with Gasteiger partial charge in [-0.25, -0.2) is 0 Å². The number of nitrogens with two attached hydrogens (primary N) is 1. The first-order chi connectivity index (χ1) is 7.38. The summed E-state index contributed by atoms with van der Waals surface area (Å²) in [6, 6.07) is 7.69. The summed E-state index contributed by atoms with van der Waals surface area (Å²) in [5.74, 6) is 1.58.